The van der Waals surface area contributed by atoms with E-state index in [4.69, 9.17) is 14.5 Å². The fourth-order valence-corrected chi connectivity index (χ4v) is 2.36. The van der Waals surface area contributed by atoms with E-state index in [1.165, 1.54) is 0 Å². The van der Waals surface area contributed by atoms with Crippen LogP contribution in [-0.2, 0) is 32.5 Å². The van der Waals surface area contributed by atoms with E-state index in [1.54, 1.807) is 6.08 Å². The van der Waals surface area contributed by atoms with Gasteiger partial charge in [0, 0.05) is 0 Å². The van der Waals surface area contributed by atoms with Gasteiger partial charge < -0.3 is 4.74 Å². The van der Waals surface area contributed by atoms with Gasteiger partial charge in [0.15, 0.2) is 0 Å². The molecule has 27 heavy (non-hydrogen) atoms. The Bertz CT molecular complexity index is 859. The molecule has 3 rings (SSSR count). The Hall–Kier alpha value is -3.37. The molecule has 4 heteroatoms. The largest absolute Gasteiger partial charge is 0.482 e. The molecular weight excluding hydrogens is 340 g/mol. The summed E-state index contributed by atoms with van der Waals surface area (Å²) in [6.45, 7) is 0.428. The molecule has 0 aliphatic heterocycles. The standard InChI is InChI=1S/C23H20O4/c24-23(27-26-18-21-14-8-3-9-15-21)22(16-19-10-4-1-5-11-19)25-17-20-12-6-2-7-13-20/h1-16H,17-18H2. The zero-order valence-electron chi connectivity index (χ0n) is 14.8. The minimum absolute atomic E-state index is 0.0816. The topological polar surface area (TPSA) is 44.8 Å². The Morgan fingerprint density at radius 2 is 1.22 bits per heavy atom. The number of carbonyl (C=O) groups is 1. The highest BCUT2D eigenvalue weighted by Crippen LogP contribution is 2.13. The van der Waals surface area contributed by atoms with Crippen molar-refractivity contribution < 1.29 is 19.3 Å². The van der Waals surface area contributed by atoms with E-state index in [0.717, 1.165) is 16.7 Å². The zero-order valence-corrected chi connectivity index (χ0v) is 14.8. The van der Waals surface area contributed by atoms with E-state index in [2.05, 4.69) is 0 Å². The van der Waals surface area contributed by atoms with Crippen molar-refractivity contribution in [3.8, 4) is 0 Å². The summed E-state index contributed by atoms with van der Waals surface area (Å²) in [6, 6.07) is 28.5. The second kappa shape index (κ2) is 9.94. The van der Waals surface area contributed by atoms with Crippen molar-refractivity contribution in [1.29, 1.82) is 0 Å². The van der Waals surface area contributed by atoms with Crippen molar-refractivity contribution in [3.63, 3.8) is 0 Å². The molecular formula is C23H20O4. The second-order valence-electron chi connectivity index (χ2n) is 5.81. The highest BCUT2D eigenvalue weighted by Gasteiger charge is 2.15. The molecule has 0 atom stereocenters. The van der Waals surface area contributed by atoms with Crippen molar-refractivity contribution in [2.24, 2.45) is 0 Å². The quantitative estimate of drug-likeness (QED) is 0.248. The molecule has 0 aliphatic rings. The van der Waals surface area contributed by atoms with Crippen LogP contribution in [0.5, 0.6) is 0 Å². The summed E-state index contributed by atoms with van der Waals surface area (Å²) < 4.78 is 5.70. The molecule has 0 saturated carbocycles. The summed E-state index contributed by atoms with van der Waals surface area (Å²) in [5.74, 6) is -0.594. The molecule has 4 nitrogen and oxygen atoms in total. The third kappa shape index (κ3) is 6.13. The van der Waals surface area contributed by atoms with Gasteiger partial charge in [-0.2, -0.15) is 4.89 Å². The first-order chi connectivity index (χ1) is 13.3. The maximum Gasteiger partial charge on any atom is 0.407 e. The van der Waals surface area contributed by atoms with Gasteiger partial charge in [-0.15, -0.1) is 0 Å². The van der Waals surface area contributed by atoms with E-state index in [0.29, 0.717) is 0 Å². The van der Waals surface area contributed by atoms with Crippen molar-refractivity contribution >= 4 is 12.0 Å². The monoisotopic (exact) mass is 360 g/mol. The van der Waals surface area contributed by atoms with Crippen LogP contribution in [0.2, 0.25) is 0 Å². The minimum atomic E-state index is -0.675. The predicted molar refractivity (Wildman–Crippen MR) is 103 cm³/mol. The molecule has 0 bridgehead atoms. The predicted octanol–water partition coefficient (Wildman–Crippen LogP) is 4.92. The Morgan fingerprint density at radius 1 is 0.704 bits per heavy atom. The van der Waals surface area contributed by atoms with Crippen molar-refractivity contribution in [2.75, 3.05) is 0 Å². The number of hydrogen-bond acceptors (Lipinski definition) is 4. The minimum Gasteiger partial charge on any atom is -0.482 e. The molecule has 0 unspecified atom stereocenters. The Balaban J connectivity index is 1.64. The van der Waals surface area contributed by atoms with Crippen LogP contribution in [0.15, 0.2) is 96.8 Å². The summed E-state index contributed by atoms with van der Waals surface area (Å²) in [5.41, 5.74) is 2.69. The van der Waals surface area contributed by atoms with E-state index in [-0.39, 0.29) is 19.0 Å². The molecule has 0 amide bonds. The lowest BCUT2D eigenvalue weighted by atomic mass is 10.2. The third-order valence-corrected chi connectivity index (χ3v) is 3.74. The lowest BCUT2D eigenvalue weighted by molar-refractivity contribution is -0.278. The first-order valence-electron chi connectivity index (χ1n) is 8.62. The lowest BCUT2D eigenvalue weighted by Crippen LogP contribution is -2.11. The highest BCUT2D eigenvalue weighted by molar-refractivity contribution is 5.91. The Labute approximate surface area is 158 Å². The maximum atomic E-state index is 12.4. The van der Waals surface area contributed by atoms with Gasteiger partial charge in [0.1, 0.15) is 13.2 Å². The molecule has 3 aromatic carbocycles. The van der Waals surface area contributed by atoms with Crippen LogP contribution in [0, 0.1) is 0 Å². The smallest absolute Gasteiger partial charge is 0.407 e. The second-order valence-corrected chi connectivity index (χ2v) is 5.81. The van der Waals surface area contributed by atoms with Gasteiger partial charge in [0.25, 0.3) is 0 Å². The average Bonchev–Trinajstić information content (AvgIpc) is 2.73. The van der Waals surface area contributed by atoms with E-state index >= 15 is 0 Å². The molecule has 136 valence electrons. The number of rotatable bonds is 8. The van der Waals surface area contributed by atoms with Gasteiger partial charge >= 0.3 is 5.97 Å². The molecule has 0 spiro atoms. The molecule has 0 saturated heterocycles. The first kappa shape index (κ1) is 18.4. The maximum absolute atomic E-state index is 12.4. The van der Waals surface area contributed by atoms with Crippen LogP contribution < -0.4 is 0 Å². The van der Waals surface area contributed by atoms with E-state index in [9.17, 15) is 4.79 Å². The fraction of sp³-hybridized carbons (Fsp3) is 0.0870. The van der Waals surface area contributed by atoms with Crippen molar-refractivity contribution in [1.82, 2.24) is 0 Å². The SMILES string of the molecule is O=C(OOCc1ccccc1)C(=Cc1ccccc1)OCc1ccccc1. The van der Waals surface area contributed by atoms with Crippen molar-refractivity contribution in [3.05, 3.63) is 113 Å². The molecule has 0 radical (unpaired) electrons. The van der Waals surface area contributed by atoms with Gasteiger partial charge in [0.2, 0.25) is 5.76 Å². The summed E-state index contributed by atoms with van der Waals surface area (Å²) in [6.07, 6.45) is 1.64. The normalized spacial score (nSPS) is 11.0. The summed E-state index contributed by atoms with van der Waals surface area (Å²) in [7, 11) is 0. The van der Waals surface area contributed by atoms with E-state index < -0.39 is 5.97 Å². The van der Waals surface area contributed by atoms with Crippen LogP contribution >= 0.6 is 0 Å². The molecule has 3 aromatic rings. The highest BCUT2D eigenvalue weighted by atomic mass is 17.2. The summed E-state index contributed by atoms with van der Waals surface area (Å²) in [4.78, 5) is 22.4. The number of ether oxygens (including phenoxy) is 1. The van der Waals surface area contributed by atoms with Gasteiger partial charge in [-0.1, -0.05) is 91.0 Å². The van der Waals surface area contributed by atoms with E-state index in [1.807, 2.05) is 91.0 Å². The lowest BCUT2D eigenvalue weighted by Gasteiger charge is -2.10. The zero-order chi connectivity index (χ0) is 18.7. The van der Waals surface area contributed by atoms with Crippen molar-refractivity contribution in [2.45, 2.75) is 13.2 Å². The Kier molecular flexibility index (Phi) is 6.78. The van der Waals surface area contributed by atoms with Crippen LogP contribution in [0.4, 0.5) is 0 Å². The summed E-state index contributed by atoms with van der Waals surface area (Å²) in [5, 5.41) is 0. The van der Waals surface area contributed by atoms with Gasteiger partial charge in [-0.3, -0.25) is 4.89 Å². The van der Waals surface area contributed by atoms with Gasteiger partial charge in [0.05, 0.1) is 0 Å². The summed E-state index contributed by atoms with van der Waals surface area (Å²) >= 11 is 0. The molecule has 0 fully saturated rings. The van der Waals surface area contributed by atoms with Gasteiger partial charge in [-0.25, -0.2) is 4.79 Å². The average molecular weight is 360 g/mol. The molecule has 0 heterocycles. The third-order valence-electron chi connectivity index (χ3n) is 3.74. The Morgan fingerprint density at radius 3 is 1.81 bits per heavy atom. The molecule has 0 N–H and O–H groups in total. The van der Waals surface area contributed by atoms with Gasteiger partial charge in [-0.05, 0) is 22.8 Å². The fourth-order valence-electron chi connectivity index (χ4n) is 2.36. The number of benzene rings is 3. The van der Waals surface area contributed by atoms with Crippen LogP contribution in [0.25, 0.3) is 6.08 Å². The molecule has 0 aliphatic carbocycles. The first-order valence-corrected chi connectivity index (χ1v) is 8.62. The van der Waals surface area contributed by atoms with Crippen LogP contribution in [-0.4, -0.2) is 5.97 Å². The molecule has 0 aromatic heterocycles. The van der Waals surface area contributed by atoms with Crippen LogP contribution in [0.1, 0.15) is 16.7 Å². The van der Waals surface area contributed by atoms with Crippen LogP contribution in [0.3, 0.4) is 0 Å². The number of hydrogen-bond donors (Lipinski definition) is 0. The number of carbonyl (C=O) groups excluding carboxylic acids is 1.